The molecular formula is C13H24N2O2. The van der Waals surface area contributed by atoms with E-state index in [1.54, 1.807) is 0 Å². The van der Waals surface area contributed by atoms with Gasteiger partial charge in [-0.25, -0.2) is 0 Å². The number of hydrogen-bond donors (Lipinski definition) is 1. The first kappa shape index (κ1) is 12.8. The summed E-state index contributed by atoms with van der Waals surface area (Å²) in [4.78, 5) is 16.3. The lowest BCUT2D eigenvalue weighted by Crippen LogP contribution is -2.62. The van der Waals surface area contributed by atoms with Gasteiger partial charge in [0.15, 0.2) is 0 Å². The van der Waals surface area contributed by atoms with Crippen molar-refractivity contribution in [3.63, 3.8) is 0 Å². The van der Waals surface area contributed by atoms with Gasteiger partial charge >= 0.3 is 5.97 Å². The fourth-order valence-corrected chi connectivity index (χ4v) is 3.27. The van der Waals surface area contributed by atoms with Crippen LogP contribution >= 0.6 is 0 Å². The Bertz CT molecular complexity index is 289. The van der Waals surface area contributed by atoms with Crippen LogP contribution in [-0.2, 0) is 4.79 Å². The van der Waals surface area contributed by atoms with Gasteiger partial charge in [0.05, 0.1) is 0 Å². The number of rotatable bonds is 2. The average molecular weight is 240 g/mol. The molecule has 2 rings (SSSR count). The monoisotopic (exact) mass is 240 g/mol. The topological polar surface area (TPSA) is 43.8 Å². The van der Waals surface area contributed by atoms with E-state index in [1.165, 1.54) is 6.42 Å². The third-order valence-electron chi connectivity index (χ3n) is 4.62. The molecule has 2 atom stereocenters. The zero-order valence-electron chi connectivity index (χ0n) is 11.0. The van der Waals surface area contributed by atoms with E-state index in [0.29, 0.717) is 6.04 Å². The Morgan fingerprint density at radius 3 is 2.41 bits per heavy atom. The van der Waals surface area contributed by atoms with E-state index in [0.717, 1.165) is 45.3 Å². The van der Waals surface area contributed by atoms with E-state index < -0.39 is 11.5 Å². The zero-order chi connectivity index (χ0) is 12.5. The van der Waals surface area contributed by atoms with Crippen molar-refractivity contribution in [1.29, 1.82) is 0 Å². The van der Waals surface area contributed by atoms with Crippen molar-refractivity contribution in [3.05, 3.63) is 0 Å². The Morgan fingerprint density at radius 1 is 1.24 bits per heavy atom. The molecule has 2 unspecified atom stereocenters. The van der Waals surface area contributed by atoms with Gasteiger partial charge in [-0.3, -0.25) is 9.69 Å². The van der Waals surface area contributed by atoms with Crippen molar-refractivity contribution in [3.8, 4) is 0 Å². The van der Waals surface area contributed by atoms with Crippen LogP contribution in [0.3, 0.4) is 0 Å². The maximum atomic E-state index is 11.8. The molecule has 0 aromatic carbocycles. The minimum atomic E-state index is -0.612. The van der Waals surface area contributed by atoms with E-state index in [1.807, 2.05) is 0 Å². The standard InChI is InChI=1S/C13H24N2O2/c1-11-10-13(12(16)17,6-9-14(11)2)15-7-4-3-5-8-15/h11H,3-10H2,1-2H3,(H,16,17). The molecule has 4 nitrogen and oxygen atoms in total. The minimum Gasteiger partial charge on any atom is -0.480 e. The Kier molecular flexibility index (Phi) is 3.73. The summed E-state index contributed by atoms with van der Waals surface area (Å²) >= 11 is 0. The van der Waals surface area contributed by atoms with Crippen LogP contribution in [0.2, 0.25) is 0 Å². The Balaban J connectivity index is 2.17. The highest BCUT2D eigenvalue weighted by Gasteiger charge is 2.48. The number of nitrogens with zero attached hydrogens (tertiary/aromatic N) is 2. The van der Waals surface area contributed by atoms with Crippen molar-refractivity contribution >= 4 is 5.97 Å². The van der Waals surface area contributed by atoms with Crippen molar-refractivity contribution in [2.24, 2.45) is 0 Å². The van der Waals surface area contributed by atoms with Gasteiger partial charge in [0.25, 0.3) is 0 Å². The third kappa shape index (κ3) is 2.33. The zero-order valence-corrected chi connectivity index (χ0v) is 11.0. The quantitative estimate of drug-likeness (QED) is 0.792. The lowest BCUT2D eigenvalue weighted by molar-refractivity contribution is -0.157. The van der Waals surface area contributed by atoms with Crippen LogP contribution in [0.25, 0.3) is 0 Å². The van der Waals surface area contributed by atoms with Gasteiger partial charge < -0.3 is 10.0 Å². The molecule has 2 fully saturated rings. The molecule has 0 bridgehead atoms. The SMILES string of the molecule is CC1CC(C(=O)O)(N2CCCCC2)CCN1C. The fraction of sp³-hybridized carbons (Fsp3) is 0.923. The second-order valence-corrected chi connectivity index (χ2v) is 5.67. The maximum absolute atomic E-state index is 11.8. The Hall–Kier alpha value is -0.610. The highest BCUT2D eigenvalue weighted by Crippen LogP contribution is 2.34. The summed E-state index contributed by atoms with van der Waals surface area (Å²) < 4.78 is 0. The lowest BCUT2D eigenvalue weighted by atomic mass is 9.81. The van der Waals surface area contributed by atoms with E-state index in [4.69, 9.17) is 0 Å². The number of aliphatic carboxylic acids is 1. The normalized spacial score (nSPS) is 36.9. The molecule has 2 saturated heterocycles. The van der Waals surface area contributed by atoms with E-state index in [9.17, 15) is 9.90 Å². The number of piperidine rings is 2. The molecule has 2 aliphatic rings. The molecule has 2 heterocycles. The van der Waals surface area contributed by atoms with Crippen LogP contribution in [-0.4, -0.2) is 59.1 Å². The number of carboxylic acids is 1. The van der Waals surface area contributed by atoms with E-state index in [-0.39, 0.29) is 0 Å². The van der Waals surface area contributed by atoms with Crippen LogP contribution in [0.15, 0.2) is 0 Å². The Labute approximate surface area is 104 Å². The van der Waals surface area contributed by atoms with Gasteiger partial charge in [0.2, 0.25) is 0 Å². The predicted octanol–water partition coefficient (Wildman–Crippen LogP) is 1.41. The molecule has 0 amide bonds. The molecular weight excluding hydrogens is 216 g/mol. The van der Waals surface area contributed by atoms with Gasteiger partial charge in [-0.15, -0.1) is 0 Å². The smallest absolute Gasteiger partial charge is 0.324 e. The molecule has 2 aliphatic heterocycles. The number of hydrogen-bond acceptors (Lipinski definition) is 3. The van der Waals surface area contributed by atoms with Gasteiger partial charge in [0, 0.05) is 12.6 Å². The molecule has 0 aromatic heterocycles. The van der Waals surface area contributed by atoms with Gasteiger partial charge in [-0.1, -0.05) is 6.42 Å². The highest BCUT2D eigenvalue weighted by molar-refractivity contribution is 5.79. The van der Waals surface area contributed by atoms with Crippen molar-refractivity contribution in [2.45, 2.75) is 50.6 Å². The van der Waals surface area contributed by atoms with Crippen molar-refractivity contribution < 1.29 is 9.90 Å². The molecule has 4 heteroatoms. The largest absolute Gasteiger partial charge is 0.480 e. The van der Waals surface area contributed by atoms with Gasteiger partial charge in [-0.05, 0) is 52.7 Å². The second-order valence-electron chi connectivity index (χ2n) is 5.67. The molecule has 0 aliphatic carbocycles. The summed E-state index contributed by atoms with van der Waals surface area (Å²) in [6.45, 7) is 4.95. The van der Waals surface area contributed by atoms with Crippen molar-refractivity contribution in [2.75, 3.05) is 26.7 Å². The van der Waals surface area contributed by atoms with E-state index in [2.05, 4.69) is 23.8 Å². The molecule has 0 aromatic rings. The van der Waals surface area contributed by atoms with Crippen LogP contribution in [0.4, 0.5) is 0 Å². The number of carboxylic acid groups (broad SMARTS) is 1. The van der Waals surface area contributed by atoms with Crippen LogP contribution in [0, 0.1) is 0 Å². The van der Waals surface area contributed by atoms with Gasteiger partial charge in [0.1, 0.15) is 5.54 Å². The Morgan fingerprint density at radius 2 is 1.88 bits per heavy atom. The first-order chi connectivity index (χ1) is 8.06. The van der Waals surface area contributed by atoms with Crippen LogP contribution < -0.4 is 0 Å². The van der Waals surface area contributed by atoms with Crippen LogP contribution in [0.1, 0.15) is 39.0 Å². The summed E-state index contributed by atoms with van der Waals surface area (Å²) in [5, 5.41) is 9.68. The number of carbonyl (C=O) groups is 1. The first-order valence-corrected chi connectivity index (χ1v) is 6.75. The highest BCUT2D eigenvalue weighted by atomic mass is 16.4. The summed E-state index contributed by atoms with van der Waals surface area (Å²) in [6.07, 6.45) is 5.09. The summed E-state index contributed by atoms with van der Waals surface area (Å²) in [6, 6.07) is 0.363. The molecule has 0 saturated carbocycles. The van der Waals surface area contributed by atoms with Crippen LogP contribution in [0.5, 0.6) is 0 Å². The summed E-state index contributed by atoms with van der Waals surface area (Å²) in [7, 11) is 2.09. The number of likely N-dealkylation sites (tertiary alicyclic amines) is 2. The van der Waals surface area contributed by atoms with E-state index >= 15 is 0 Å². The summed E-state index contributed by atoms with van der Waals surface area (Å²) in [5.41, 5.74) is -0.591. The maximum Gasteiger partial charge on any atom is 0.324 e. The second kappa shape index (κ2) is 4.94. The molecule has 0 spiro atoms. The molecule has 0 radical (unpaired) electrons. The lowest BCUT2D eigenvalue weighted by Gasteiger charge is -2.49. The minimum absolute atomic E-state index is 0.363. The molecule has 1 N–H and O–H groups in total. The predicted molar refractivity (Wildman–Crippen MR) is 67.1 cm³/mol. The van der Waals surface area contributed by atoms with Crippen molar-refractivity contribution in [1.82, 2.24) is 9.80 Å². The average Bonchev–Trinajstić information content (AvgIpc) is 2.33. The van der Waals surface area contributed by atoms with Gasteiger partial charge in [-0.2, -0.15) is 0 Å². The fourth-order valence-electron chi connectivity index (χ4n) is 3.27. The summed E-state index contributed by atoms with van der Waals surface area (Å²) in [5.74, 6) is -0.612. The third-order valence-corrected chi connectivity index (χ3v) is 4.62. The molecule has 98 valence electrons. The molecule has 17 heavy (non-hydrogen) atoms. The first-order valence-electron chi connectivity index (χ1n) is 6.75.